The molecule has 1 rings (SSSR count). The lowest BCUT2D eigenvalue weighted by Crippen LogP contribution is -2.15. The first-order valence-electron chi connectivity index (χ1n) is 3.92. The van der Waals surface area contributed by atoms with Gasteiger partial charge in [0, 0.05) is 5.56 Å². The van der Waals surface area contributed by atoms with Gasteiger partial charge < -0.3 is 14.7 Å². The van der Waals surface area contributed by atoms with Gasteiger partial charge in [0.1, 0.15) is 5.76 Å². The van der Waals surface area contributed by atoms with Crippen LogP contribution in [0.25, 0.3) is 5.76 Å². The predicted molar refractivity (Wildman–Crippen MR) is 51.3 cm³/mol. The summed E-state index contributed by atoms with van der Waals surface area (Å²) in [5.41, 5.74) is 0.613. The molecule has 2 N–H and O–H groups in total. The van der Waals surface area contributed by atoms with Gasteiger partial charge >= 0.3 is 7.32 Å². The van der Waals surface area contributed by atoms with E-state index in [1.165, 1.54) is 0 Å². The van der Waals surface area contributed by atoms with Crippen molar-refractivity contribution in [3.05, 3.63) is 42.0 Å². The Morgan fingerprint density at radius 1 is 1.36 bits per heavy atom. The van der Waals surface area contributed by atoms with E-state index in [0.29, 0.717) is 5.56 Å². The van der Waals surface area contributed by atoms with Crippen LogP contribution in [0.4, 0.5) is 0 Å². The molecule has 0 aliphatic heterocycles. The van der Waals surface area contributed by atoms with E-state index in [9.17, 15) is 0 Å². The third kappa shape index (κ3) is 2.94. The highest BCUT2D eigenvalue weighted by Gasteiger charge is 2.14. The molecule has 0 amide bonds. The summed E-state index contributed by atoms with van der Waals surface area (Å²) in [6.45, 7) is 0. The molecule has 70 valence electrons. The van der Waals surface area contributed by atoms with Crippen molar-refractivity contribution in [3.63, 3.8) is 0 Å². The van der Waals surface area contributed by atoms with E-state index in [0.717, 1.165) is 6.08 Å². The summed E-state index contributed by atoms with van der Waals surface area (Å²) in [6.07, 6.45) is 1.11. The zero-order chi connectivity index (χ0) is 10.4. The molecule has 0 aromatic heterocycles. The van der Waals surface area contributed by atoms with E-state index in [1.807, 2.05) is 6.07 Å². The molecule has 0 saturated carbocycles. The summed E-state index contributed by atoms with van der Waals surface area (Å²) in [5, 5.41) is 25.6. The van der Waals surface area contributed by atoms with Crippen LogP contribution in [-0.4, -0.2) is 17.4 Å². The fraction of sp³-hybridized carbons (Fsp3) is 0. The van der Waals surface area contributed by atoms with Crippen molar-refractivity contribution < 1.29 is 14.7 Å². The minimum absolute atomic E-state index is 0.128. The van der Waals surface area contributed by atoms with Gasteiger partial charge in [0.05, 0.1) is 12.1 Å². The highest BCUT2D eigenvalue weighted by molar-refractivity contribution is 6.34. The quantitative estimate of drug-likeness (QED) is 0.413. The first kappa shape index (κ1) is 10.3. The second kappa shape index (κ2) is 5.07. The number of nitriles is 1. The maximum atomic E-state index is 8.59. The van der Waals surface area contributed by atoms with E-state index in [4.69, 9.17) is 15.3 Å². The number of hydrogen-bond acceptors (Lipinski definition) is 4. The first-order chi connectivity index (χ1) is 6.74. The molecule has 14 heavy (non-hydrogen) atoms. The maximum absolute atomic E-state index is 8.59. The lowest BCUT2D eigenvalue weighted by molar-refractivity contribution is 0.270. The fourth-order valence-corrected chi connectivity index (χ4v) is 0.960. The molecular weight excluding hydrogens is 181 g/mol. The monoisotopic (exact) mass is 189 g/mol. The Morgan fingerprint density at radius 3 is 2.50 bits per heavy atom. The number of allylic oxidation sites excluding steroid dienone is 1. The van der Waals surface area contributed by atoms with E-state index in [1.54, 1.807) is 30.3 Å². The number of nitrogens with zero attached hydrogens (tertiary/aromatic N) is 1. The Hall–Kier alpha value is -1.77. The topological polar surface area (TPSA) is 73.5 Å². The van der Waals surface area contributed by atoms with E-state index >= 15 is 0 Å². The van der Waals surface area contributed by atoms with Gasteiger partial charge in [-0.3, -0.25) is 0 Å². The molecule has 0 bridgehead atoms. The molecular formula is C9H8BNO3. The van der Waals surface area contributed by atoms with Crippen molar-refractivity contribution in [2.45, 2.75) is 0 Å². The summed E-state index contributed by atoms with van der Waals surface area (Å²) in [6, 6.07) is 10.5. The molecule has 0 radical (unpaired) electrons. The van der Waals surface area contributed by atoms with Gasteiger partial charge in [-0.25, -0.2) is 0 Å². The Bertz CT molecular complexity index is 356. The van der Waals surface area contributed by atoms with Crippen LogP contribution in [0.15, 0.2) is 36.4 Å². The SMILES string of the molecule is N#CC=C(OB(O)O)c1ccccc1. The van der Waals surface area contributed by atoms with Crippen LogP contribution in [0.1, 0.15) is 5.56 Å². The average Bonchev–Trinajstić information content (AvgIpc) is 2.18. The summed E-state index contributed by atoms with van der Waals surface area (Å²) in [7, 11) is -1.92. The van der Waals surface area contributed by atoms with Gasteiger partial charge in [0.2, 0.25) is 0 Å². The number of hydrogen-bond donors (Lipinski definition) is 2. The lowest BCUT2D eigenvalue weighted by Gasteiger charge is -2.07. The van der Waals surface area contributed by atoms with E-state index in [-0.39, 0.29) is 5.76 Å². The molecule has 0 unspecified atom stereocenters. The third-order valence-electron chi connectivity index (χ3n) is 1.49. The Labute approximate surface area is 81.9 Å². The van der Waals surface area contributed by atoms with Gasteiger partial charge in [0.25, 0.3) is 0 Å². The molecule has 0 heterocycles. The normalized spacial score (nSPS) is 10.5. The second-order valence-corrected chi connectivity index (χ2v) is 2.45. The molecule has 1 aromatic carbocycles. The summed E-state index contributed by atoms with van der Waals surface area (Å²) < 4.78 is 4.63. The number of rotatable bonds is 3. The summed E-state index contributed by atoms with van der Waals surface area (Å²) in [4.78, 5) is 0. The third-order valence-corrected chi connectivity index (χ3v) is 1.49. The molecule has 0 aliphatic carbocycles. The van der Waals surface area contributed by atoms with Crippen molar-refractivity contribution in [3.8, 4) is 6.07 Å². The molecule has 4 nitrogen and oxygen atoms in total. The van der Waals surface area contributed by atoms with Gasteiger partial charge in [-0.2, -0.15) is 5.26 Å². The molecule has 0 fully saturated rings. The molecule has 0 aliphatic rings. The van der Waals surface area contributed by atoms with Crippen molar-refractivity contribution in [1.29, 1.82) is 5.26 Å². The van der Waals surface area contributed by atoms with Crippen LogP contribution >= 0.6 is 0 Å². The van der Waals surface area contributed by atoms with Crippen LogP contribution in [0.5, 0.6) is 0 Å². The summed E-state index contributed by atoms with van der Waals surface area (Å²) in [5.74, 6) is 0.128. The van der Waals surface area contributed by atoms with E-state index in [2.05, 4.69) is 4.65 Å². The molecule has 5 heteroatoms. The van der Waals surface area contributed by atoms with Gasteiger partial charge in [-0.15, -0.1) is 0 Å². The van der Waals surface area contributed by atoms with Crippen LogP contribution in [-0.2, 0) is 4.65 Å². The smallest absolute Gasteiger partial charge is 0.511 e. The minimum atomic E-state index is -1.92. The van der Waals surface area contributed by atoms with Crippen molar-refractivity contribution in [1.82, 2.24) is 0 Å². The molecule has 1 aromatic rings. The van der Waals surface area contributed by atoms with E-state index < -0.39 is 7.32 Å². The second-order valence-electron chi connectivity index (χ2n) is 2.45. The van der Waals surface area contributed by atoms with Gasteiger partial charge in [0.15, 0.2) is 0 Å². The van der Waals surface area contributed by atoms with Crippen LogP contribution in [0.2, 0.25) is 0 Å². The van der Waals surface area contributed by atoms with Crippen molar-refractivity contribution >= 4 is 13.1 Å². The standard InChI is InChI=1S/C9H8BNO3/c11-7-6-9(14-10(12)13)8-4-2-1-3-5-8/h1-6,12-13H. The Morgan fingerprint density at radius 2 is 2.00 bits per heavy atom. The van der Waals surface area contributed by atoms with Gasteiger partial charge in [-0.05, 0) is 0 Å². The van der Waals surface area contributed by atoms with Crippen molar-refractivity contribution in [2.75, 3.05) is 0 Å². The number of benzene rings is 1. The fourth-order valence-electron chi connectivity index (χ4n) is 0.960. The molecule has 0 saturated heterocycles. The van der Waals surface area contributed by atoms with Gasteiger partial charge in [-0.1, -0.05) is 30.3 Å². The highest BCUT2D eigenvalue weighted by Crippen LogP contribution is 2.14. The zero-order valence-corrected chi connectivity index (χ0v) is 7.29. The lowest BCUT2D eigenvalue weighted by atomic mass is 10.1. The van der Waals surface area contributed by atoms with Crippen LogP contribution in [0.3, 0.4) is 0 Å². The predicted octanol–water partition coefficient (Wildman–Crippen LogP) is 0.537. The molecule has 0 spiro atoms. The largest absolute Gasteiger partial charge is 0.707 e. The highest BCUT2D eigenvalue weighted by atomic mass is 16.6. The summed E-state index contributed by atoms with van der Waals surface area (Å²) >= 11 is 0. The Kier molecular flexibility index (Phi) is 3.74. The maximum Gasteiger partial charge on any atom is 0.707 e. The Balaban J connectivity index is 2.91. The zero-order valence-electron chi connectivity index (χ0n) is 7.29. The first-order valence-corrected chi connectivity index (χ1v) is 3.92. The van der Waals surface area contributed by atoms with Crippen molar-refractivity contribution in [2.24, 2.45) is 0 Å². The molecule has 0 atom stereocenters. The van der Waals surface area contributed by atoms with Crippen LogP contribution in [0, 0.1) is 11.3 Å². The van der Waals surface area contributed by atoms with Crippen LogP contribution < -0.4 is 0 Å². The average molecular weight is 189 g/mol. The minimum Gasteiger partial charge on any atom is -0.511 e.